The van der Waals surface area contributed by atoms with Gasteiger partial charge in [0.05, 0.1) is 0 Å². The second kappa shape index (κ2) is 8.27. The number of aliphatic carboxylic acids is 1. The van der Waals surface area contributed by atoms with E-state index in [0.29, 0.717) is 25.2 Å². The van der Waals surface area contributed by atoms with Crippen LogP contribution in [0.5, 0.6) is 0 Å². The number of benzene rings is 2. The largest absolute Gasteiger partial charge is 0.479 e. The average Bonchev–Trinajstić information content (AvgIpc) is 2.62. The molecule has 0 spiro atoms. The van der Waals surface area contributed by atoms with E-state index in [4.69, 9.17) is 5.73 Å². The van der Waals surface area contributed by atoms with Crippen LogP contribution in [0.4, 0.5) is 10.5 Å². The van der Waals surface area contributed by atoms with E-state index in [1.807, 2.05) is 0 Å². The van der Waals surface area contributed by atoms with E-state index in [1.54, 1.807) is 30.3 Å². The van der Waals surface area contributed by atoms with Crippen molar-refractivity contribution in [2.45, 2.75) is 12.0 Å². The Morgan fingerprint density at radius 2 is 1.72 bits per heavy atom. The lowest BCUT2D eigenvalue weighted by Crippen LogP contribution is -2.37. The molecule has 1 unspecified atom stereocenters. The third kappa shape index (κ3) is 4.34. The Kier molecular flexibility index (Phi) is 6.10. The highest BCUT2D eigenvalue weighted by Crippen LogP contribution is 2.31. The number of carbonyl (C=O) groups excluding carboxylic acids is 1. The molecule has 0 saturated heterocycles. The van der Waals surface area contributed by atoms with Crippen molar-refractivity contribution in [3.05, 3.63) is 65.7 Å². The van der Waals surface area contributed by atoms with E-state index in [0.717, 1.165) is 0 Å². The third-order valence-electron chi connectivity index (χ3n) is 3.71. The first-order chi connectivity index (χ1) is 12.0. The number of hydrogen-bond acceptors (Lipinski definition) is 4. The fourth-order valence-electron chi connectivity index (χ4n) is 2.39. The van der Waals surface area contributed by atoms with Crippen LogP contribution in [0, 0.1) is 0 Å². The summed E-state index contributed by atoms with van der Waals surface area (Å²) in [4.78, 5) is 23.6. The molecular weight excluding hydrogens is 322 g/mol. The van der Waals surface area contributed by atoms with Crippen molar-refractivity contribution in [3.8, 4) is 0 Å². The molecule has 0 aliphatic rings. The predicted octanol–water partition coefficient (Wildman–Crippen LogP) is 1.48. The number of rotatable bonds is 7. The molecule has 0 radical (unpaired) electrons. The van der Waals surface area contributed by atoms with Crippen LogP contribution >= 0.6 is 0 Å². The number of urea groups is 1. The molecule has 0 aliphatic carbocycles. The minimum absolute atomic E-state index is 0.144. The number of carbonyl (C=O) groups is 2. The SMILES string of the molecule is NCCCNC(=O)Nc1cccc(C(O)(C(=O)O)c2ccccc2)c1. The van der Waals surface area contributed by atoms with Crippen molar-refractivity contribution in [2.75, 3.05) is 18.4 Å². The first-order valence-electron chi connectivity index (χ1n) is 7.85. The van der Waals surface area contributed by atoms with Crippen LogP contribution in [0.25, 0.3) is 0 Å². The maximum Gasteiger partial charge on any atom is 0.345 e. The Morgan fingerprint density at radius 3 is 2.36 bits per heavy atom. The molecule has 0 aliphatic heterocycles. The summed E-state index contributed by atoms with van der Waals surface area (Å²) in [6, 6.07) is 13.8. The van der Waals surface area contributed by atoms with Gasteiger partial charge in [-0.15, -0.1) is 0 Å². The number of carboxylic acids is 1. The number of hydrogen-bond donors (Lipinski definition) is 5. The van der Waals surface area contributed by atoms with Gasteiger partial charge in [0.15, 0.2) is 0 Å². The van der Waals surface area contributed by atoms with Gasteiger partial charge >= 0.3 is 12.0 Å². The van der Waals surface area contributed by atoms with Crippen LogP contribution in [0.15, 0.2) is 54.6 Å². The molecule has 0 bridgehead atoms. The highest BCUT2D eigenvalue weighted by molar-refractivity contribution is 5.90. The summed E-state index contributed by atoms with van der Waals surface area (Å²) < 4.78 is 0. The molecule has 2 rings (SSSR count). The molecule has 7 nitrogen and oxygen atoms in total. The van der Waals surface area contributed by atoms with Crippen LogP contribution in [0.3, 0.4) is 0 Å². The van der Waals surface area contributed by atoms with Crippen molar-refractivity contribution < 1.29 is 19.8 Å². The molecule has 132 valence electrons. The maximum absolute atomic E-state index is 11.8. The molecule has 0 fully saturated rings. The Morgan fingerprint density at radius 1 is 1.04 bits per heavy atom. The molecule has 1 atom stereocenters. The van der Waals surface area contributed by atoms with Crippen molar-refractivity contribution in [3.63, 3.8) is 0 Å². The Bertz CT molecular complexity index is 736. The fraction of sp³-hybridized carbons (Fsp3) is 0.222. The van der Waals surface area contributed by atoms with Crippen molar-refractivity contribution >= 4 is 17.7 Å². The number of aliphatic hydroxyl groups is 1. The van der Waals surface area contributed by atoms with E-state index in [2.05, 4.69) is 10.6 Å². The first-order valence-corrected chi connectivity index (χ1v) is 7.85. The van der Waals surface area contributed by atoms with Gasteiger partial charge in [-0.3, -0.25) is 0 Å². The van der Waals surface area contributed by atoms with E-state index in [9.17, 15) is 19.8 Å². The summed E-state index contributed by atoms with van der Waals surface area (Å²) in [6.07, 6.45) is 0.653. The van der Waals surface area contributed by atoms with Gasteiger partial charge in [-0.05, 0) is 30.7 Å². The zero-order chi connectivity index (χ0) is 18.3. The Hall–Kier alpha value is -2.90. The number of nitrogens with two attached hydrogens (primary N) is 1. The van der Waals surface area contributed by atoms with Gasteiger partial charge in [0.1, 0.15) is 0 Å². The van der Waals surface area contributed by atoms with E-state index in [1.165, 1.54) is 24.3 Å². The summed E-state index contributed by atoms with van der Waals surface area (Å²) in [5.74, 6) is -1.40. The van der Waals surface area contributed by atoms with Crippen LogP contribution < -0.4 is 16.4 Å². The van der Waals surface area contributed by atoms with Crippen molar-refractivity contribution in [2.24, 2.45) is 5.73 Å². The zero-order valence-corrected chi connectivity index (χ0v) is 13.6. The molecule has 2 aromatic rings. The molecule has 0 aromatic heterocycles. The lowest BCUT2D eigenvalue weighted by atomic mass is 9.86. The lowest BCUT2D eigenvalue weighted by molar-refractivity contribution is -0.155. The van der Waals surface area contributed by atoms with Gasteiger partial charge in [0.25, 0.3) is 0 Å². The number of carboxylic acid groups (broad SMARTS) is 1. The van der Waals surface area contributed by atoms with Crippen molar-refractivity contribution in [1.29, 1.82) is 0 Å². The minimum atomic E-state index is -2.21. The minimum Gasteiger partial charge on any atom is -0.479 e. The Balaban J connectivity index is 2.26. The van der Waals surface area contributed by atoms with Crippen LogP contribution in [0.1, 0.15) is 17.5 Å². The van der Waals surface area contributed by atoms with Gasteiger partial charge in [0, 0.05) is 17.8 Å². The molecule has 0 saturated carbocycles. The van der Waals surface area contributed by atoms with Gasteiger partial charge in [-0.25, -0.2) is 9.59 Å². The maximum atomic E-state index is 11.8. The lowest BCUT2D eigenvalue weighted by Gasteiger charge is -2.25. The Labute approximate surface area is 145 Å². The zero-order valence-electron chi connectivity index (χ0n) is 13.6. The molecule has 2 amide bonds. The highest BCUT2D eigenvalue weighted by atomic mass is 16.4. The smallest absolute Gasteiger partial charge is 0.345 e. The second-order valence-electron chi connectivity index (χ2n) is 5.49. The summed E-state index contributed by atoms with van der Waals surface area (Å²) >= 11 is 0. The first kappa shape index (κ1) is 18.4. The fourth-order valence-corrected chi connectivity index (χ4v) is 2.39. The number of nitrogens with one attached hydrogen (secondary N) is 2. The number of anilines is 1. The van der Waals surface area contributed by atoms with E-state index < -0.39 is 17.6 Å². The topological polar surface area (TPSA) is 125 Å². The predicted molar refractivity (Wildman–Crippen MR) is 94.2 cm³/mol. The second-order valence-corrected chi connectivity index (χ2v) is 5.49. The molecule has 7 heteroatoms. The van der Waals surface area contributed by atoms with Gasteiger partial charge in [-0.2, -0.15) is 0 Å². The summed E-state index contributed by atoms with van der Waals surface area (Å²) in [5.41, 5.74) is 3.90. The van der Waals surface area contributed by atoms with Gasteiger partial charge in [-0.1, -0.05) is 42.5 Å². The van der Waals surface area contributed by atoms with Crippen LogP contribution in [-0.2, 0) is 10.4 Å². The van der Waals surface area contributed by atoms with Crippen LogP contribution in [-0.4, -0.2) is 35.3 Å². The van der Waals surface area contributed by atoms with Gasteiger partial charge < -0.3 is 26.6 Å². The summed E-state index contributed by atoms with van der Waals surface area (Å²) in [7, 11) is 0. The number of amides is 2. The van der Waals surface area contributed by atoms with Gasteiger partial charge in [0.2, 0.25) is 5.60 Å². The summed E-state index contributed by atoms with van der Waals surface area (Å²) in [6.45, 7) is 0.906. The normalized spacial score (nSPS) is 12.9. The average molecular weight is 343 g/mol. The monoisotopic (exact) mass is 343 g/mol. The standard InChI is InChI=1S/C18H21N3O4/c19-10-5-11-20-17(24)21-15-9-4-8-14(12-15)18(25,16(22)23)13-6-2-1-3-7-13/h1-4,6-9,12,25H,5,10-11,19H2,(H,22,23)(H2,20,21,24). The van der Waals surface area contributed by atoms with E-state index >= 15 is 0 Å². The molecular formula is C18H21N3O4. The molecule has 25 heavy (non-hydrogen) atoms. The quantitative estimate of drug-likeness (QED) is 0.487. The van der Waals surface area contributed by atoms with Crippen LogP contribution in [0.2, 0.25) is 0 Å². The van der Waals surface area contributed by atoms with E-state index in [-0.39, 0.29) is 11.1 Å². The summed E-state index contributed by atoms with van der Waals surface area (Å²) in [5, 5.41) is 25.7. The molecule has 0 heterocycles. The molecule has 2 aromatic carbocycles. The molecule has 6 N–H and O–H groups in total. The highest BCUT2D eigenvalue weighted by Gasteiger charge is 2.40. The third-order valence-corrected chi connectivity index (χ3v) is 3.71. The van der Waals surface area contributed by atoms with Crippen molar-refractivity contribution in [1.82, 2.24) is 5.32 Å².